The molecule has 0 heterocycles. The van der Waals surface area contributed by atoms with E-state index in [0.29, 0.717) is 0 Å². The predicted octanol–water partition coefficient (Wildman–Crippen LogP) is 1.80. The highest BCUT2D eigenvalue weighted by Crippen LogP contribution is 2.25. The molecule has 8 heavy (non-hydrogen) atoms. The van der Waals surface area contributed by atoms with E-state index in [0.717, 1.165) is 18.8 Å². The molecular formula is C7H16O. The fourth-order valence-electron chi connectivity index (χ4n) is 0.860. The maximum Gasteiger partial charge on any atom is 0.0545 e. The van der Waals surface area contributed by atoms with Gasteiger partial charge in [-0.3, -0.25) is 0 Å². The predicted molar refractivity (Wildman–Crippen MR) is 35.8 cm³/mol. The van der Waals surface area contributed by atoms with Crippen molar-refractivity contribution < 1.29 is 5.11 Å². The summed E-state index contributed by atoms with van der Waals surface area (Å²) in [7, 11) is 0. The van der Waals surface area contributed by atoms with Gasteiger partial charge < -0.3 is 5.11 Å². The van der Waals surface area contributed by atoms with Gasteiger partial charge in [0.25, 0.3) is 0 Å². The highest BCUT2D eigenvalue weighted by molar-refractivity contribution is 4.73. The van der Waals surface area contributed by atoms with Crippen molar-refractivity contribution in [3.63, 3.8) is 0 Å². The van der Waals surface area contributed by atoms with Gasteiger partial charge in [-0.15, -0.1) is 0 Å². The SMILES string of the molecule is CC.CC1CC(O)C1. The van der Waals surface area contributed by atoms with E-state index in [1.807, 2.05) is 13.8 Å². The lowest BCUT2D eigenvalue weighted by molar-refractivity contribution is 0.0513. The lowest BCUT2D eigenvalue weighted by Crippen LogP contribution is -2.25. The number of hydrogen-bond donors (Lipinski definition) is 1. The van der Waals surface area contributed by atoms with Gasteiger partial charge in [-0.25, -0.2) is 0 Å². The van der Waals surface area contributed by atoms with Crippen LogP contribution in [0.3, 0.4) is 0 Å². The first-order chi connectivity index (χ1) is 3.79. The minimum atomic E-state index is 0.0417. The Hall–Kier alpha value is -0.0400. The third kappa shape index (κ3) is 2.31. The van der Waals surface area contributed by atoms with Gasteiger partial charge in [0.1, 0.15) is 0 Å². The standard InChI is InChI=1S/C5H10O.C2H6/c1-4-2-5(6)3-4;1-2/h4-6H,2-3H2,1H3;1-2H3. The highest BCUT2D eigenvalue weighted by Gasteiger charge is 2.21. The smallest absolute Gasteiger partial charge is 0.0545 e. The Balaban J connectivity index is 0.000000222. The molecule has 0 unspecified atom stereocenters. The average molecular weight is 116 g/mol. The summed E-state index contributed by atoms with van der Waals surface area (Å²) in [5.74, 6) is 0.792. The molecule has 1 fully saturated rings. The summed E-state index contributed by atoms with van der Waals surface area (Å²) in [6, 6.07) is 0. The average Bonchev–Trinajstić information content (AvgIpc) is 1.70. The van der Waals surface area contributed by atoms with Gasteiger partial charge in [-0.2, -0.15) is 0 Å². The van der Waals surface area contributed by atoms with Crippen molar-refractivity contribution >= 4 is 0 Å². The minimum Gasteiger partial charge on any atom is -0.393 e. The van der Waals surface area contributed by atoms with E-state index in [4.69, 9.17) is 5.11 Å². The molecule has 0 radical (unpaired) electrons. The third-order valence-corrected chi connectivity index (χ3v) is 1.35. The molecule has 1 saturated carbocycles. The topological polar surface area (TPSA) is 20.2 Å². The molecule has 0 spiro atoms. The van der Waals surface area contributed by atoms with Crippen molar-refractivity contribution in [2.45, 2.75) is 39.7 Å². The molecule has 1 aliphatic carbocycles. The second-order valence-corrected chi connectivity index (χ2v) is 2.23. The highest BCUT2D eigenvalue weighted by atomic mass is 16.3. The van der Waals surface area contributed by atoms with Gasteiger partial charge in [0.2, 0.25) is 0 Å². The monoisotopic (exact) mass is 116 g/mol. The maximum absolute atomic E-state index is 8.62. The van der Waals surface area contributed by atoms with Crippen molar-refractivity contribution in [3.05, 3.63) is 0 Å². The molecule has 0 aromatic heterocycles. The van der Waals surface area contributed by atoms with Gasteiger partial charge in [0.15, 0.2) is 0 Å². The lowest BCUT2D eigenvalue weighted by atomic mass is 9.84. The third-order valence-electron chi connectivity index (χ3n) is 1.35. The quantitative estimate of drug-likeness (QED) is 0.511. The molecule has 0 amide bonds. The molecule has 0 aromatic carbocycles. The molecule has 1 heteroatoms. The normalized spacial score (nSPS) is 34.5. The van der Waals surface area contributed by atoms with Crippen LogP contribution in [-0.4, -0.2) is 11.2 Å². The van der Waals surface area contributed by atoms with Crippen molar-refractivity contribution in [1.29, 1.82) is 0 Å². The molecular weight excluding hydrogens is 100 g/mol. The molecule has 0 atom stereocenters. The van der Waals surface area contributed by atoms with Crippen LogP contribution in [0.25, 0.3) is 0 Å². The molecule has 1 aliphatic rings. The minimum absolute atomic E-state index is 0.0417. The summed E-state index contributed by atoms with van der Waals surface area (Å²) in [6.07, 6.45) is 2.10. The van der Waals surface area contributed by atoms with E-state index in [2.05, 4.69) is 6.92 Å². The molecule has 0 aromatic rings. The van der Waals surface area contributed by atoms with Crippen LogP contribution >= 0.6 is 0 Å². The van der Waals surface area contributed by atoms with Crippen LogP contribution in [0.2, 0.25) is 0 Å². The van der Waals surface area contributed by atoms with E-state index in [1.54, 1.807) is 0 Å². The maximum atomic E-state index is 8.62. The number of hydrogen-bond acceptors (Lipinski definition) is 1. The van der Waals surface area contributed by atoms with Crippen LogP contribution in [0.4, 0.5) is 0 Å². The number of aliphatic hydroxyl groups is 1. The summed E-state index contributed by atoms with van der Waals surface area (Å²) in [6.45, 7) is 6.16. The molecule has 1 N–H and O–H groups in total. The van der Waals surface area contributed by atoms with Crippen molar-refractivity contribution in [2.75, 3.05) is 0 Å². The Morgan fingerprint density at radius 1 is 1.25 bits per heavy atom. The first-order valence-corrected chi connectivity index (χ1v) is 3.47. The second kappa shape index (κ2) is 3.90. The number of aliphatic hydroxyl groups excluding tert-OH is 1. The molecule has 1 rings (SSSR count). The van der Waals surface area contributed by atoms with E-state index < -0.39 is 0 Å². The zero-order chi connectivity index (χ0) is 6.57. The van der Waals surface area contributed by atoms with E-state index >= 15 is 0 Å². The van der Waals surface area contributed by atoms with Crippen LogP contribution in [0.1, 0.15) is 33.6 Å². The van der Waals surface area contributed by atoms with Gasteiger partial charge in [-0.1, -0.05) is 20.8 Å². The number of rotatable bonds is 0. The first-order valence-electron chi connectivity index (χ1n) is 3.47. The Bertz CT molecular complexity index is 40.3. The van der Waals surface area contributed by atoms with Gasteiger partial charge in [0.05, 0.1) is 6.10 Å². The Morgan fingerprint density at radius 3 is 1.62 bits per heavy atom. The zero-order valence-electron chi connectivity index (χ0n) is 6.02. The summed E-state index contributed by atoms with van der Waals surface area (Å²) in [5.41, 5.74) is 0. The van der Waals surface area contributed by atoms with Crippen LogP contribution in [0, 0.1) is 5.92 Å². The lowest BCUT2D eigenvalue weighted by Gasteiger charge is -2.27. The van der Waals surface area contributed by atoms with E-state index in [-0.39, 0.29) is 6.10 Å². The summed E-state index contributed by atoms with van der Waals surface area (Å²) >= 11 is 0. The molecule has 0 saturated heterocycles. The van der Waals surface area contributed by atoms with Crippen LogP contribution < -0.4 is 0 Å². The molecule has 50 valence electrons. The zero-order valence-corrected chi connectivity index (χ0v) is 6.02. The Kier molecular flexibility index (Phi) is 3.88. The Labute approximate surface area is 51.7 Å². The van der Waals surface area contributed by atoms with Gasteiger partial charge in [0, 0.05) is 0 Å². The second-order valence-electron chi connectivity index (χ2n) is 2.23. The first kappa shape index (κ1) is 7.96. The molecule has 0 bridgehead atoms. The molecule has 1 nitrogen and oxygen atoms in total. The van der Waals surface area contributed by atoms with Gasteiger partial charge >= 0.3 is 0 Å². The van der Waals surface area contributed by atoms with Crippen LogP contribution in [-0.2, 0) is 0 Å². The Morgan fingerprint density at radius 2 is 1.62 bits per heavy atom. The van der Waals surface area contributed by atoms with Crippen molar-refractivity contribution in [2.24, 2.45) is 5.92 Å². The van der Waals surface area contributed by atoms with Crippen LogP contribution in [0.15, 0.2) is 0 Å². The van der Waals surface area contributed by atoms with Crippen molar-refractivity contribution in [3.8, 4) is 0 Å². The fourth-order valence-corrected chi connectivity index (χ4v) is 0.860. The van der Waals surface area contributed by atoms with Crippen molar-refractivity contribution in [1.82, 2.24) is 0 Å². The summed E-state index contributed by atoms with van der Waals surface area (Å²) in [5, 5.41) is 8.62. The van der Waals surface area contributed by atoms with E-state index in [1.165, 1.54) is 0 Å². The molecule has 0 aliphatic heterocycles. The summed E-state index contributed by atoms with van der Waals surface area (Å²) < 4.78 is 0. The summed E-state index contributed by atoms with van der Waals surface area (Å²) in [4.78, 5) is 0. The fraction of sp³-hybridized carbons (Fsp3) is 1.00. The van der Waals surface area contributed by atoms with E-state index in [9.17, 15) is 0 Å². The van der Waals surface area contributed by atoms with Crippen LogP contribution in [0.5, 0.6) is 0 Å². The largest absolute Gasteiger partial charge is 0.393 e. The van der Waals surface area contributed by atoms with Gasteiger partial charge in [-0.05, 0) is 18.8 Å².